The lowest BCUT2D eigenvalue weighted by Gasteiger charge is -2.15. The van der Waals surface area contributed by atoms with Crippen molar-refractivity contribution in [1.29, 1.82) is 0 Å². The van der Waals surface area contributed by atoms with Crippen molar-refractivity contribution >= 4 is 31.6 Å². The number of ether oxygens (including phenoxy) is 1. The van der Waals surface area contributed by atoms with Gasteiger partial charge in [0.1, 0.15) is 12.4 Å². The van der Waals surface area contributed by atoms with Crippen molar-refractivity contribution in [2.45, 2.75) is 44.7 Å². The average Bonchev–Trinajstić information content (AvgIpc) is 2.96. The molecule has 1 heterocycles. The molecule has 0 spiro atoms. The van der Waals surface area contributed by atoms with E-state index in [1.807, 2.05) is 38.1 Å². The molecule has 0 fully saturated rings. The number of aromatic nitrogens is 1. The van der Waals surface area contributed by atoms with Crippen molar-refractivity contribution in [2.24, 2.45) is 0 Å². The molecule has 8 heteroatoms. The van der Waals surface area contributed by atoms with E-state index in [9.17, 15) is 13.2 Å². The molecule has 0 aliphatic carbocycles. The van der Waals surface area contributed by atoms with Crippen molar-refractivity contribution in [3.8, 4) is 5.75 Å². The van der Waals surface area contributed by atoms with Crippen molar-refractivity contribution in [3.05, 3.63) is 57.7 Å². The third-order valence-electron chi connectivity index (χ3n) is 4.27. The summed E-state index contributed by atoms with van der Waals surface area (Å²) in [5.41, 5.74) is 1.90. The van der Waals surface area contributed by atoms with Gasteiger partial charge in [-0.1, -0.05) is 36.0 Å². The van der Waals surface area contributed by atoms with Gasteiger partial charge < -0.3 is 4.74 Å². The molecule has 0 unspecified atom stereocenters. The maximum absolute atomic E-state index is 12.7. The van der Waals surface area contributed by atoms with Crippen LogP contribution in [0.15, 0.2) is 52.2 Å². The molecule has 0 aliphatic heterocycles. The summed E-state index contributed by atoms with van der Waals surface area (Å²) in [5.74, 6) is 0.695. The Morgan fingerprint density at radius 1 is 1.18 bits per heavy atom. The van der Waals surface area contributed by atoms with E-state index in [-0.39, 0.29) is 16.4 Å². The zero-order valence-electron chi connectivity index (χ0n) is 16.1. The lowest BCUT2D eigenvalue weighted by Crippen LogP contribution is -2.36. The van der Waals surface area contributed by atoms with Crippen LogP contribution in [0.25, 0.3) is 10.2 Å². The van der Waals surface area contributed by atoms with Crippen LogP contribution in [0.5, 0.6) is 5.75 Å². The molecule has 0 radical (unpaired) electrons. The smallest absolute Gasteiger partial charge is 0.308 e. The molecule has 0 saturated carbocycles. The quantitative estimate of drug-likeness (QED) is 0.605. The van der Waals surface area contributed by atoms with Gasteiger partial charge in [0.05, 0.1) is 21.2 Å². The molecule has 3 rings (SSSR count). The van der Waals surface area contributed by atoms with Crippen LogP contribution in [0.3, 0.4) is 0 Å². The molecule has 0 saturated heterocycles. The fraction of sp³-hybridized carbons (Fsp3) is 0.350. The molecule has 1 aromatic heterocycles. The number of aryl methyl sites for hydroxylation is 2. The summed E-state index contributed by atoms with van der Waals surface area (Å²) in [6, 6.07) is 12.0. The van der Waals surface area contributed by atoms with E-state index >= 15 is 0 Å². The maximum atomic E-state index is 12.7. The first kappa shape index (κ1) is 20.6. The van der Waals surface area contributed by atoms with Crippen LogP contribution in [0, 0.1) is 6.92 Å². The summed E-state index contributed by atoms with van der Waals surface area (Å²) in [4.78, 5) is 12.2. The van der Waals surface area contributed by atoms with Crippen LogP contribution in [-0.4, -0.2) is 25.6 Å². The number of fused-ring (bicyclic) bond motifs is 1. The summed E-state index contributed by atoms with van der Waals surface area (Å²) in [5, 5.41) is 0. The van der Waals surface area contributed by atoms with Gasteiger partial charge in [-0.15, -0.1) is 0 Å². The molecular formula is C20H24N2O4S2. The Morgan fingerprint density at radius 3 is 2.57 bits per heavy atom. The molecule has 2 aromatic carbocycles. The summed E-state index contributed by atoms with van der Waals surface area (Å²) in [7, 11) is -3.71. The van der Waals surface area contributed by atoms with E-state index in [0.717, 1.165) is 28.8 Å². The lowest BCUT2D eigenvalue weighted by molar-refractivity contribution is 0.287. The Bertz CT molecular complexity index is 1120. The third kappa shape index (κ3) is 4.63. The van der Waals surface area contributed by atoms with E-state index in [0.29, 0.717) is 17.0 Å². The number of benzene rings is 2. The SMILES string of the molecule is CCCn1c(=O)sc2cc(S(=O)(=O)N[C@@H](C)COc3ccc(C)cc3)ccc21. The second-order valence-electron chi connectivity index (χ2n) is 6.80. The Labute approximate surface area is 168 Å². The van der Waals surface area contributed by atoms with Gasteiger partial charge in [-0.2, -0.15) is 0 Å². The normalized spacial score (nSPS) is 13.0. The third-order valence-corrected chi connectivity index (χ3v) is 6.80. The lowest BCUT2D eigenvalue weighted by atomic mass is 10.2. The van der Waals surface area contributed by atoms with E-state index in [1.54, 1.807) is 23.6 Å². The first-order valence-electron chi connectivity index (χ1n) is 9.15. The Hall–Kier alpha value is -2.16. The number of nitrogens with one attached hydrogen (secondary N) is 1. The van der Waals surface area contributed by atoms with Crippen molar-refractivity contribution in [1.82, 2.24) is 9.29 Å². The van der Waals surface area contributed by atoms with Gasteiger partial charge in [0.2, 0.25) is 10.0 Å². The van der Waals surface area contributed by atoms with Gasteiger partial charge >= 0.3 is 4.87 Å². The summed E-state index contributed by atoms with van der Waals surface area (Å²) in [6.07, 6.45) is 0.839. The minimum absolute atomic E-state index is 0.0702. The minimum atomic E-state index is -3.71. The predicted octanol–water partition coefficient (Wildman–Crippen LogP) is 3.53. The van der Waals surface area contributed by atoms with E-state index in [2.05, 4.69) is 4.72 Å². The highest BCUT2D eigenvalue weighted by Gasteiger charge is 2.19. The fourth-order valence-electron chi connectivity index (χ4n) is 2.87. The summed E-state index contributed by atoms with van der Waals surface area (Å²) in [6.45, 7) is 6.57. The molecule has 0 aliphatic rings. The molecule has 150 valence electrons. The van der Waals surface area contributed by atoms with Gasteiger partial charge in [-0.3, -0.25) is 9.36 Å². The van der Waals surface area contributed by atoms with Crippen LogP contribution >= 0.6 is 11.3 Å². The van der Waals surface area contributed by atoms with E-state index < -0.39 is 16.1 Å². The Balaban J connectivity index is 1.72. The first-order valence-corrected chi connectivity index (χ1v) is 11.5. The number of hydrogen-bond acceptors (Lipinski definition) is 5. The van der Waals surface area contributed by atoms with Gasteiger partial charge in [-0.05, 0) is 50.6 Å². The standard InChI is InChI=1S/C20H24N2O4S2/c1-4-11-22-18-10-9-17(12-19(18)27-20(22)23)28(24,25)21-15(3)13-26-16-7-5-14(2)6-8-16/h5-10,12,15,21H,4,11,13H2,1-3H3/t15-/m0/s1. The van der Waals surface area contributed by atoms with Crippen molar-refractivity contribution in [2.75, 3.05) is 6.61 Å². The molecule has 0 amide bonds. The predicted molar refractivity (Wildman–Crippen MR) is 113 cm³/mol. The first-order chi connectivity index (χ1) is 13.3. The summed E-state index contributed by atoms with van der Waals surface area (Å²) >= 11 is 1.07. The average molecular weight is 421 g/mol. The largest absolute Gasteiger partial charge is 0.492 e. The maximum Gasteiger partial charge on any atom is 0.308 e. The topological polar surface area (TPSA) is 77.4 Å². The molecule has 0 bridgehead atoms. The van der Waals surface area contributed by atoms with Gasteiger partial charge in [-0.25, -0.2) is 13.1 Å². The van der Waals surface area contributed by atoms with Gasteiger partial charge in [0.25, 0.3) is 0 Å². The van der Waals surface area contributed by atoms with Crippen molar-refractivity contribution < 1.29 is 13.2 Å². The second kappa shape index (κ2) is 8.46. The van der Waals surface area contributed by atoms with Crippen LogP contribution in [0.1, 0.15) is 25.8 Å². The zero-order chi connectivity index (χ0) is 20.3. The highest BCUT2D eigenvalue weighted by atomic mass is 32.2. The Morgan fingerprint density at radius 2 is 1.89 bits per heavy atom. The van der Waals surface area contributed by atoms with Crippen LogP contribution in [-0.2, 0) is 16.6 Å². The highest BCUT2D eigenvalue weighted by Crippen LogP contribution is 2.22. The van der Waals surface area contributed by atoms with Crippen molar-refractivity contribution in [3.63, 3.8) is 0 Å². The second-order valence-corrected chi connectivity index (χ2v) is 9.50. The molecule has 3 aromatic rings. The molecular weight excluding hydrogens is 396 g/mol. The van der Waals surface area contributed by atoms with Gasteiger partial charge in [0.15, 0.2) is 0 Å². The van der Waals surface area contributed by atoms with Crippen LogP contribution < -0.4 is 14.3 Å². The Kier molecular flexibility index (Phi) is 6.22. The molecule has 28 heavy (non-hydrogen) atoms. The van der Waals surface area contributed by atoms with Crippen LogP contribution in [0.2, 0.25) is 0 Å². The molecule has 1 N–H and O–H groups in total. The zero-order valence-corrected chi connectivity index (χ0v) is 17.8. The monoisotopic (exact) mass is 420 g/mol. The van der Waals surface area contributed by atoms with Gasteiger partial charge in [0, 0.05) is 6.54 Å². The number of sulfonamides is 1. The van der Waals surface area contributed by atoms with Crippen LogP contribution in [0.4, 0.5) is 0 Å². The van der Waals surface area contributed by atoms with E-state index in [1.165, 1.54) is 6.07 Å². The number of hydrogen-bond donors (Lipinski definition) is 1. The number of nitrogens with zero attached hydrogens (tertiary/aromatic N) is 1. The number of rotatable bonds is 8. The summed E-state index contributed by atoms with van der Waals surface area (Å²) < 4.78 is 36.1. The fourth-order valence-corrected chi connectivity index (χ4v) is 5.16. The molecule has 6 nitrogen and oxygen atoms in total. The van der Waals surface area contributed by atoms with E-state index in [4.69, 9.17) is 4.74 Å². The minimum Gasteiger partial charge on any atom is -0.492 e. The molecule has 1 atom stereocenters. The highest BCUT2D eigenvalue weighted by molar-refractivity contribution is 7.89. The number of thiazole rings is 1.